The molecular formula is C26H31N3O2S. The van der Waals surface area contributed by atoms with E-state index in [-0.39, 0.29) is 17.9 Å². The molecule has 4 heterocycles. The zero-order valence-electron chi connectivity index (χ0n) is 18.7. The number of amides is 2. The molecule has 0 aliphatic carbocycles. The Morgan fingerprint density at radius 2 is 1.72 bits per heavy atom. The molecule has 32 heavy (non-hydrogen) atoms. The molecule has 1 aromatic carbocycles. The molecule has 3 aliphatic rings. The lowest BCUT2D eigenvalue weighted by Gasteiger charge is -2.37. The van der Waals surface area contributed by atoms with Crippen LogP contribution in [0.25, 0.3) is 5.57 Å². The molecule has 1 unspecified atom stereocenters. The van der Waals surface area contributed by atoms with Crippen LogP contribution in [0, 0.1) is 5.92 Å². The van der Waals surface area contributed by atoms with E-state index in [2.05, 4.69) is 41.0 Å². The van der Waals surface area contributed by atoms with Gasteiger partial charge in [0.15, 0.2) is 0 Å². The van der Waals surface area contributed by atoms with Crippen molar-refractivity contribution < 1.29 is 9.59 Å². The highest BCUT2D eigenvalue weighted by molar-refractivity contribution is 7.11. The average Bonchev–Trinajstić information content (AvgIpc) is 3.41. The SMILES string of the molecule is CC1CCCN(C2=C(c3cccs3)C(=O)N(C3CCN(Cc4ccccc4)CC3)C2=O)C1. The van der Waals surface area contributed by atoms with E-state index in [0.717, 1.165) is 56.9 Å². The Balaban J connectivity index is 1.34. The fraction of sp³-hybridized carbons (Fsp3) is 0.462. The predicted octanol–water partition coefficient (Wildman–Crippen LogP) is 4.22. The van der Waals surface area contributed by atoms with Crippen LogP contribution in [0.15, 0.2) is 53.5 Å². The molecule has 1 aromatic heterocycles. The van der Waals surface area contributed by atoms with E-state index < -0.39 is 0 Å². The van der Waals surface area contributed by atoms with E-state index in [1.807, 2.05) is 23.6 Å². The van der Waals surface area contributed by atoms with Gasteiger partial charge in [0.05, 0.1) is 5.57 Å². The monoisotopic (exact) mass is 449 g/mol. The summed E-state index contributed by atoms with van der Waals surface area (Å²) in [5.41, 5.74) is 2.59. The van der Waals surface area contributed by atoms with Gasteiger partial charge in [-0.25, -0.2) is 0 Å². The second-order valence-electron chi connectivity index (χ2n) is 9.37. The van der Waals surface area contributed by atoms with Gasteiger partial charge >= 0.3 is 0 Å². The fourth-order valence-corrected chi connectivity index (χ4v) is 6.14. The highest BCUT2D eigenvalue weighted by Gasteiger charge is 2.46. The van der Waals surface area contributed by atoms with Gasteiger partial charge in [-0.05, 0) is 48.6 Å². The number of benzene rings is 1. The number of nitrogens with zero attached hydrogens (tertiary/aromatic N) is 3. The molecule has 0 saturated carbocycles. The van der Waals surface area contributed by atoms with Crippen molar-refractivity contribution in [3.63, 3.8) is 0 Å². The largest absolute Gasteiger partial charge is 0.366 e. The van der Waals surface area contributed by atoms with Crippen LogP contribution in [0.1, 0.15) is 43.0 Å². The van der Waals surface area contributed by atoms with E-state index in [0.29, 0.717) is 17.2 Å². The maximum Gasteiger partial charge on any atom is 0.278 e. The maximum absolute atomic E-state index is 13.7. The number of hydrogen-bond donors (Lipinski definition) is 0. The Morgan fingerprint density at radius 3 is 2.41 bits per heavy atom. The summed E-state index contributed by atoms with van der Waals surface area (Å²) in [7, 11) is 0. The summed E-state index contributed by atoms with van der Waals surface area (Å²) in [5.74, 6) is 0.375. The van der Waals surface area contributed by atoms with Gasteiger partial charge in [0.25, 0.3) is 11.8 Å². The molecule has 0 N–H and O–H groups in total. The lowest BCUT2D eigenvalue weighted by atomic mass is 9.99. The third kappa shape index (κ3) is 4.14. The first kappa shape index (κ1) is 21.4. The summed E-state index contributed by atoms with van der Waals surface area (Å²) < 4.78 is 0. The molecule has 168 valence electrons. The highest BCUT2D eigenvalue weighted by Crippen LogP contribution is 2.38. The maximum atomic E-state index is 13.7. The molecule has 6 heteroatoms. The minimum absolute atomic E-state index is 0.0169. The second-order valence-corrected chi connectivity index (χ2v) is 10.3. The normalized spacial score (nSPS) is 23.5. The Hall–Kier alpha value is -2.44. The van der Waals surface area contributed by atoms with Crippen LogP contribution in [0.4, 0.5) is 0 Å². The van der Waals surface area contributed by atoms with Crippen LogP contribution in [0.5, 0.6) is 0 Å². The van der Waals surface area contributed by atoms with Crippen LogP contribution in [0.3, 0.4) is 0 Å². The highest BCUT2D eigenvalue weighted by atomic mass is 32.1. The fourth-order valence-electron chi connectivity index (χ4n) is 5.37. The molecule has 2 saturated heterocycles. The zero-order valence-corrected chi connectivity index (χ0v) is 19.5. The molecule has 0 bridgehead atoms. The molecule has 5 rings (SSSR count). The third-order valence-corrected chi connectivity index (χ3v) is 7.89. The Morgan fingerprint density at radius 1 is 0.938 bits per heavy atom. The minimum Gasteiger partial charge on any atom is -0.366 e. The summed E-state index contributed by atoms with van der Waals surface area (Å²) in [4.78, 5) is 34.5. The third-order valence-electron chi connectivity index (χ3n) is 7.00. The number of piperidine rings is 2. The molecule has 3 aliphatic heterocycles. The summed E-state index contributed by atoms with van der Waals surface area (Å²) in [6.07, 6.45) is 3.93. The first-order valence-corrected chi connectivity index (χ1v) is 12.7. The van der Waals surface area contributed by atoms with Gasteiger partial charge < -0.3 is 4.90 Å². The molecular weight excluding hydrogens is 418 g/mol. The lowest BCUT2D eigenvalue weighted by molar-refractivity contribution is -0.141. The lowest BCUT2D eigenvalue weighted by Crippen LogP contribution is -2.48. The summed E-state index contributed by atoms with van der Waals surface area (Å²) in [5, 5.41) is 1.99. The predicted molar refractivity (Wildman–Crippen MR) is 128 cm³/mol. The number of carbonyl (C=O) groups is 2. The number of carbonyl (C=O) groups excluding carboxylic acids is 2. The minimum atomic E-state index is -0.0906. The van der Waals surface area contributed by atoms with Gasteiger partial charge in [-0.2, -0.15) is 0 Å². The Bertz CT molecular complexity index is 993. The first-order chi connectivity index (χ1) is 15.6. The molecule has 0 spiro atoms. The summed E-state index contributed by atoms with van der Waals surface area (Å²) in [6, 6.07) is 14.4. The van der Waals surface area contributed by atoms with Crippen LogP contribution in [0.2, 0.25) is 0 Å². The van der Waals surface area contributed by atoms with Gasteiger partial charge in [0.2, 0.25) is 0 Å². The number of thiophene rings is 1. The van der Waals surface area contributed by atoms with Gasteiger partial charge in [0, 0.05) is 43.6 Å². The summed E-state index contributed by atoms with van der Waals surface area (Å²) >= 11 is 1.55. The van der Waals surface area contributed by atoms with Crippen LogP contribution in [-0.2, 0) is 16.1 Å². The number of likely N-dealkylation sites (tertiary alicyclic amines) is 2. The molecule has 0 radical (unpaired) electrons. The van der Waals surface area contributed by atoms with Crippen molar-refractivity contribution in [3.8, 4) is 0 Å². The molecule has 2 fully saturated rings. The standard InChI is InChI=1S/C26H31N3O2S/c1-19-7-5-13-28(17-19)24-23(22-10-6-16-32-22)25(30)29(26(24)31)21-11-14-27(15-12-21)18-20-8-3-2-4-9-20/h2-4,6,8-10,16,19,21H,5,7,11-15,17-18H2,1H3. The molecule has 5 nitrogen and oxygen atoms in total. The second kappa shape index (κ2) is 9.20. The van der Waals surface area contributed by atoms with E-state index >= 15 is 0 Å². The Kier molecular flexibility index (Phi) is 6.15. The van der Waals surface area contributed by atoms with Crippen molar-refractivity contribution in [2.24, 2.45) is 5.92 Å². The van der Waals surface area contributed by atoms with E-state index in [9.17, 15) is 9.59 Å². The average molecular weight is 450 g/mol. The van der Waals surface area contributed by atoms with Crippen molar-refractivity contribution in [2.75, 3.05) is 26.2 Å². The van der Waals surface area contributed by atoms with Crippen molar-refractivity contribution in [1.29, 1.82) is 0 Å². The quantitative estimate of drug-likeness (QED) is 0.641. The van der Waals surface area contributed by atoms with E-state index in [1.54, 1.807) is 16.2 Å². The van der Waals surface area contributed by atoms with Crippen LogP contribution >= 0.6 is 11.3 Å². The Labute approximate surface area is 194 Å². The van der Waals surface area contributed by atoms with Gasteiger partial charge in [-0.15, -0.1) is 11.3 Å². The molecule has 2 aromatic rings. The number of imide groups is 1. The van der Waals surface area contributed by atoms with E-state index in [4.69, 9.17) is 0 Å². The van der Waals surface area contributed by atoms with Crippen molar-refractivity contribution in [1.82, 2.24) is 14.7 Å². The van der Waals surface area contributed by atoms with Gasteiger partial charge in [-0.1, -0.05) is 43.3 Å². The zero-order chi connectivity index (χ0) is 22.1. The van der Waals surface area contributed by atoms with Crippen molar-refractivity contribution >= 4 is 28.7 Å². The van der Waals surface area contributed by atoms with E-state index in [1.165, 1.54) is 12.0 Å². The summed E-state index contributed by atoms with van der Waals surface area (Å²) in [6.45, 7) is 6.68. The topological polar surface area (TPSA) is 43.9 Å². The number of hydrogen-bond acceptors (Lipinski definition) is 5. The number of rotatable bonds is 5. The van der Waals surface area contributed by atoms with Gasteiger partial charge in [-0.3, -0.25) is 19.4 Å². The van der Waals surface area contributed by atoms with Gasteiger partial charge in [0.1, 0.15) is 5.70 Å². The van der Waals surface area contributed by atoms with Crippen molar-refractivity contribution in [3.05, 3.63) is 64.0 Å². The molecule has 2 amide bonds. The smallest absolute Gasteiger partial charge is 0.278 e. The molecule has 1 atom stereocenters. The van der Waals surface area contributed by atoms with Crippen molar-refractivity contribution in [2.45, 2.75) is 45.2 Å². The first-order valence-electron chi connectivity index (χ1n) is 11.8. The van der Waals surface area contributed by atoms with Crippen LogP contribution in [-0.4, -0.2) is 58.7 Å². The van der Waals surface area contributed by atoms with Crippen LogP contribution < -0.4 is 0 Å².